The molecule has 0 amide bonds. The quantitative estimate of drug-likeness (QED) is 0.429. The molecule has 0 saturated carbocycles. The maximum Gasteiger partial charge on any atom is 0.573 e. The van der Waals surface area contributed by atoms with Gasteiger partial charge in [-0.1, -0.05) is 0 Å². The third kappa shape index (κ3) is 4.68. The second-order valence-corrected chi connectivity index (χ2v) is 5.61. The van der Waals surface area contributed by atoms with Crippen molar-refractivity contribution in [2.45, 2.75) is 19.6 Å². The summed E-state index contributed by atoms with van der Waals surface area (Å²) in [6.07, 6.45) is -4.84. The van der Waals surface area contributed by atoms with Gasteiger partial charge in [0.05, 0.1) is 17.1 Å². The second kappa shape index (κ2) is 7.72. The van der Waals surface area contributed by atoms with E-state index in [0.717, 1.165) is 24.3 Å². The van der Waals surface area contributed by atoms with E-state index in [4.69, 9.17) is 14.2 Å². The van der Waals surface area contributed by atoms with Gasteiger partial charge in [-0.2, -0.15) is 0 Å². The molecule has 0 bridgehead atoms. The largest absolute Gasteiger partial charge is 0.573 e. The minimum atomic E-state index is -4.84. The highest BCUT2D eigenvalue weighted by molar-refractivity contribution is 5.89. The zero-order valence-corrected chi connectivity index (χ0v) is 14.0. The first-order valence-electron chi connectivity index (χ1n) is 7.76. The van der Waals surface area contributed by atoms with Crippen LogP contribution < -0.4 is 9.47 Å². The van der Waals surface area contributed by atoms with Gasteiger partial charge in [0.15, 0.2) is 6.79 Å². The average molecular weight is 399 g/mol. The standard InChI is InChI=1S/C17H12F3NO7/c18-17(19,20)28-14-3-1-10(2-4-14)16(22)26-8-12-6-13(21(23)24)5-11-7-25-9-27-15(11)12/h1-6H,7-9H2. The first-order valence-corrected chi connectivity index (χ1v) is 7.76. The molecule has 28 heavy (non-hydrogen) atoms. The number of hydrogen-bond acceptors (Lipinski definition) is 7. The first kappa shape index (κ1) is 19.4. The smallest absolute Gasteiger partial charge is 0.467 e. The molecule has 0 unspecified atom stereocenters. The molecule has 3 rings (SSSR count). The number of non-ortho nitro benzene ring substituents is 1. The van der Waals surface area contributed by atoms with Crippen LogP contribution in [0.2, 0.25) is 0 Å². The molecule has 1 aliphatic heterocycles. The van der Waals surface area contributed by atoms with Crippen LogP contribution in [0.5, 0.6) is 11.5 Å². The van der Waals surface area contributed by atoms with E-state index in [1.807, 2.05) is 0 Å². The Balaban J connectivity index is 1.72. The third-order valence-electron chi connectivity index (χ3n) is 3.66. The average Bonchev–Trinajstić information content (AvgIpc) is 2.64. The number of halogens is 3. The number of nitro benzene ring substituents is 1. The molecule has 2 aromatic carbocycles. The zero-order valence-electron chi connectivity index (χ0n) is 14.0. The summed E-state index contributed by atoms with van der Waals surface area (Å²) in [7, 11) is 0. The number of carbonyl (C=O) groups excluding carboxylic acids is 1. The number of nitrogens with zero attached hydrogens (tertiary/aromatic N) is 1. The van der Waals surface area contributed by atoms with Crippen LogP contribution in [-0.2, 0) is 22.7 Å². The SMILES string of the molecule is O=C(OCc1cc([N+](=O)[O-])cc2c1OCOC2)c1ccc(OC(F)(F)F)cc1. The van der Waals surface area contributed by atoms with Gasteiger partial charge >= 0.3 is 12.3 Å². The van der Waals surface area contributed by atoms with Crippen LogP contribution >= 0.6 is 0 Å². The van der Waals surface area contributed by atoms with E-state index in [0.29, 0.717) is 11.3 Å². The summed E-state index contributed by atoms with van der Waals surface area (Å²) >= 11 is 0. The lowest BCUT2D eigenvalue weighted by atomic mass is 10.1. The molecular formula is C17H12F3NO7. The van der Waals surface area contributed by atoms with E-state index in [1.165, 1.54) is 12.1 Å². The number of rotatable bonds is 5. The van der Waals surface area contributed by atoms with Gasteiger partial charge in [0.25, 0.3) is 5.69 Å². The zero-order chi connectivity index (χ0) is 20.3. The molecule has 0 N–H and O–H groups in total. The second-order valence-electron chi connectivity index (χ2n) is 5.61. The summed E-state index contributed by atoms with van der Waals surface area (Å²) in [5.41, 5.74) is 0.489. The van der Waals surface area contributed by atoms with E-state index in [1.54, 1.807) is 0 Å². The molecule has 11 heteroatoms. The topological polar surface area (TPSA) is 97.1 Å². The Hall–Kier alpha value is -3.34. The van der Waals surface area contributed by atoms with Crippen molar-refractivity contribution < 1.29 is 41.8 Å². The summed E-state index contributed by atoms with van der Waals surface area (Å²) in [5.74, 6) is -0.977. The van der Waals surface area contributed by atoms with Crippen molar-refractivity contribution in [3.8, 4) is 11.5 Å². The van der Waals surface area contributed by atoms with Crippen LogP contribution in [0, 0.1) is 10.1 Å². The van der Waals surface area contributed by atoms with E-state index < -0.39 is 23.0 Å². The number of alkyl halides is 3. The van der Waals surface area contributed by atoms with Crippen LogP contribution in [0.15, 0.2) is 36.4 Å². The highest BCUT2D eigenvalue weighted by Gasteiger charge is 2.31. The van der Waals surface area contributed by atoms with Gasteiger partial charge in [-0.25, -0.2) is 4.79 Å². The molecule has 8 nitrogen and oxygen atoms in total. The van der Waals surface area contributed by atoms with E-state index >= 15 is 0 Å². The van der Waals surface area contributed by atoms with Crippen molar-refractivity contribution in [2.75, 3.05) is 6.79 Å². The third-order valence-corrected chi connectivity index (χ3v) is 3.66. The summed E-state index contributed by atoms with van der Waals surface area (Å²) in [6, 6.07) is 6.68. The van der Waals surface area contributed by atoms with E-state index in [9.17, 15) is 28.1 Å². The van der Waals surface area contributed by atoms with Crippen molar-refractivity contribution in [3.63, 3.8) is 0 Å². The lowest BCUT2D eigenvalue weighted by molar-refractivity contribution is -0.385. The Morgan fingerprint density at radius 3 is 2.57 bits per heavy atom. The number of benzene rings is 2. The number of carbonyl (C=O) groups is 1. The predicted molar refractivity (Wildman–Crippen MR) is 85.6 cm³/mol. The number of esters is 1. The van der Waals surface area contributed by atoms with Crippen LogP contribution in [0.4, 0.5) is 18.9 Å². The number of hydrogen-bond donors (Lipinski definition) is 0. The summed E-state index contributed by atoms with van der Waals surface area (Å²) in [5, 5.41) is 11.1. The summed E-state index contributed by atoms with van der Waals surface area (Å²) < 4.78 is 55.7. The molecule has 1 aliphatic rings. The maximum atomic E-state index is 12.2. The van der Waals surface area contributed by atoms with Crippen LogP contribution in [0.1, 0.15) is 21.5 Å². The Kier molecular flexibility index (Phi) is 5.36. The summed E-state index contributed by atoms with van der Waals surface area (Å²) in [4.78, 5) is 22.6. The van der Waals surface area contributed by atoms with Gasteiger partial charge in [0, 0.05) is 23.3 Å². The van der Waals surface area contributed by atoms with Crippen LogP contribution in [0.25, 0.3) is 0 Å². The van der Waals surface area contributed by atoms with Crippen LogP contribution in [-0.4, -0.2) is 24.0 Å². The maximum absolute atomic E-state index is 12.2. The van der Waals surface area contributed by atoms with Gasteiger partial charge < -0.3 is 18.9 Å². The summed E-state index contributed by atoms with van der Waals surface area (Å²) in [6.45, 7) is -0.269. The van der Waals surface area contributed by atoms with Gasteiger partial charge in [0.2, 0.25) is 0 Å². The van der Waals surface area contributed by atoms with Crippen molar-refractivity contribution >= 4 is 11.7 Å². The number of fused-ring (bicyclic) bond motifs is 1. The molecule has 148 valence electrons. The molecule has 2 aromatic rings. The van der Waals surface area contributed by atoms with Gasteiger partial charge in [-0.05, 0) is 24.3 Å². The Morgan fingerprint density at radius 1 is 1.21 bits per heavy atom. The molecule has 1 heterocycles. The first-order chi connectivity index (χ1) is 13.2. The molecule has 0 aliphatic carbocycles. The minimum Gasteiger partial charge on any atom is -0.467 e. The molecule has 0 atom stereocenters. The van der Waals surface area contributed by atoms with Gasteiger partial charge in [-0.3, -0.25) is 10.1 Å². The van der Waals surface area contributed by atoms with E-state index in [-0.39, 0.29) is 36.8 Å². The highest BCUT2D eigenvalue weighted by atomic mass is 19.4. The van der Waals surface area contributed by atoms with Crippen molar-refractivity contribution in [2.24, 2.45) is 0 Å². The van der Waals surface area contributed by atoms with Crippen molar-refractivity contribution in [3.05, 3.63) is 63.2 Å². The molecule has 0 spiro atoms. The fraction of sp³-hybridized carbons (Fsp3) is 0.235. The monoisotopic (exact) mass is 399 g/mol. The minimum absolute atomic E-state index is 0.0157. The number of nitro groups is 1. The van der Waals surface area contributed by atoms with Crippen LogP contribution in [0.3, 0.4) is 0 Å². The Bertz CT molecular complexity index is 897. The van der Waals surface area contributed by atoms with E-state index in [2.05, 4.69) is 4.74 Å². The van der Waals surface area contributed by atoms with Gasteiger partial charge in [-0.15, -0.1) is 13.2 Å². The molecule has 0 radical (unpaired) electrons. The molecule has 0 fully saturated rings. The normalized spacial score (nSPS) is 13.2. The fourth-order valence-corrected chi connectivity index (χ4v) is 2.51. The molecule has 0 saturated heterocycles. The lowest BCUT2D eigenvalue weighted by Crippen LogP contribution is -2.17. The molecule has 0 aromatic heterocycles. The van der Waals surface area contributed by atoms with Gasteiger partial charge in [0.1, 0.15) is 18.1 Å². The lowest BCUT2D eigenvalue weighted by Gasteiger charge is -2.20. The fourth-order valence-electron chi connectivity index (χ4n) is 2.51. The van der Waals surface area contributed by atoms with Crippen molar-refractivity contribution in [1.29, 1.82) is 0 Å². The Morgan fingerprint density at radius 2 is 1.93 bits per heavy atom. The molecular weight excluding hydrogens is 387 g/mol. The van der Waals surface area contributed by atoms with Crippen molar-refractivity contribution in [1.82, 2.24) is 0 Å². The predicted octanol–water partition coefficient (Wildman–Crippen LogP) is 3.72. The Labute approximate surface area is 155 Å². The highest BCUT2D eigenvalue weighted by Crippen LogP contribution is 2.33. The number of ether oxygens (including phenoxy) is 4.